The summed E-state index contributed by atoms with van der Waals surface area (Å²) < 4.78 is 0. The van der Waals surface area contributed by atoms with Crippen molar-refractivity contribution in [1.29, 1.82) is 0 Å². The van der Waals surface area contributed by atoms with Crippen LogP contribution in [0.2, 0.25) is 0 Å². The topological polar surface area (TPSA) is 67.9 Å². The highest BCUT2D eigenvalue weighted by molar-refractivity contribution is 7.09. The number of rotatable bonds is 4. The molecule has 0 saturated carbocycles. The summed E-state index contributed by atoms with van der Waals surface area (Å²) >= 11 is 1.65. The first-order valence-corrected chi connectivity index (χ1v) is 6.21. The molecule has 2 aromatic heterocycles. The van der Waals surface area contributed by atoms with E-state index in [0.29, 0.717) is 6.54 Å². The van der Waals surface area contributed by atoms with Crippen molar-refractivity contribution in [3.63, 3.8) is 0 Å². The van der Waals surface area contributed by atoms with Crippen molar-refractivity contribution in [2.45, 2.75) is 20.0 Å². The minimum Gasteiger partial charge on any atom is -0.353 e. The largest absolute Gasteiger partial charge is 0.353 e. The van der Waals surface area contributed by atoms with Gasteiger partial charge in [0.25, 0.3) is 0 Å². The predicted octanol–water partition coefficient (Wildman–Crippen LogP) is 1.34. The van der Waals surface area contributed by atoms with E-state index in [4.69, 9.17) is 5.73 Å². The first-order chi connectivity index (χ1) is 8.22. The number of thiazole rings is 1. The SMILES string of the molecule is Cc1ncsc1CN(C)c1nnccc1CN. The normalized spacial score (nSPS) is 10.5. The lowest BCUT2D eigenvalue weighted by Gasteiger charge is -2.19. The summed E-state index contributed by atoms with van der Waals surface area (Å²) in [5.41, 5.74) is 9.62. The third-order valence-electron chi connectivity index (χ3n) is 2.59. The minimum absolute atomic E-state index is 0.469. The molecule has 2 heterocycles. The summed E-state index contributed by atoms with van der Waals surface area (Å²) in [6, 6.07) is 1.90. The van der Waals surface area contributed by atoms with Crippen LogP contribution in [0, 0.1) is 6.92 Å². The molecule has 5 nitrogen and oxygen atoms in total. The minimum atomic E-state index is 0.469. The van der Waals surface area contributed by atoms with Crippen molar-refractivity contribution in [3.05, 3.63) is 33.9 Å². The fraction of sp³-hybridized carbons (Fsp3) is 0.364. The quantitative estimate of drug-likeness (QED) is 0.885. The summed E-state index contributed by atoms with van der Waals surface area (Å²) in [6.07, 6.45) is 1.66. The van der Waals surface area contributed by atoms with E-state index in [1.54, 1.807) is 17.5 Å². The van der Waals surface area contributed by atoms with Gasteiger partial charge in [0.05, 0.1) is 23.9 Å². The molecule has 2 aromatic rings. The number of anilines is 1. The van der Waals surface area contributed by atoms with Gasteiger partial charge in [-0.3, -0.25) is 0 Å². The summed E-state index contributed by atoms with van der Waals surface area (Å²) in [7, 11) is 1.99. The smallest absolute Gasteiger partial charge is 0.155 e. The average Bonchev–Trinajstić information content (AvgIpc) is 2.75. The molecule has 0 spiro atoms. The maximum atomic E-state index is 5.69. The summed E-state index contributed by atoms with van der Waals surface area (Å²) in [5.74, 6) is 0.836. The molecular formula is C11H15N5S. The Kier molecular flexibility index (Phi) is 3.65. The Morgan fingerprint density at radius 2 is 2.29 bits per heavy atom. The molecule has 0 aliphatic carbocycles. The molecule has 0 aromatic carbocycles. The lowest BCUT2D eigenvalue weighted by molar-refractivity contribution is 0.845. The van der Waals surface area contributed by atoms with Crippen LogP contribution in [-0.4, -0.2) is 22.2 Å². The van der Waals surface area contributed by atoms with Crippen LogP contribution in [-0.2, 0) is 13.1 Å². The molecule has 17 heavy (non-hydrogen) atoms. The molecular weight excluding hydrogens is 234 g/mol. The highest BCUT2D eigenvalue weighted by Crippen LogP contribution is 2.20. The molecule has 0 atom stereocenters. The van der Waals surface area contributed by atoms with Crippen LogP contribution >= 0.6 is 11.3 Å². The monoisotopic (exact) mass is 249 g/mol. The van der Waals surface area contributed by atoms with E-state index < -0.39 is 0 Å². The molecule has 6 heteroatoms. The zero-order valence-electron chi connectivity index (χ0n) is 9.92. The number of nitrogens with zero attached hydrogens (tertiary/aromatic N) is 4. The Hall–Kier alpha value is -1.53. The zero-order valence-corrected chi connectivity index (χ0v) is 10.7. The summed E-state index contributed by atoms with van der Waals surface area (Å²) in [5, 5.41) is 8.05. The van der Waals surface area contributed by atoms with E-state index in [1.807, 2.05) is 25.5 Å². The third-order valence-corrected chi connectivity index (χ3v) is 3.51. The van der Waals surface area contributed by atoms with E-state index in [9.17, 15) is 0 Å². The van der Waals surface area contributed by atoms with Gasteiger partial charge < -0.3 is 10.6 Å². The number of aryl methyl sites for hydroxylation is 1. The molecule has 0 saturated heterocycles. The van der Waals surface area contributed by atoms with Crippen molar-refractivity contribution in [2.75, 3.05) is 11.9 Å². The molecule has 0 aliphatic heterocycles. The molecule has 90 valence electrons. The summed E-state index contributed by atoms with van der Waals surface area (Å²) in [6.45, 7) is 3.26. The Balaban J connectivity index is 2.20. The molecule has 0 aliphatic rings. The van der Waals surface area contributed by atoms with Gasteiger partial charge in [0, 0.05) is 24.0 Å². The standard InChI is InChI=1S/C11H15N5S/c1-8-10(17-7-13-8)6-16(2)11-9(5-12)3-4-14-15-11/h3-4,7H,5-6,12H2,1-2H3. The van der Waals surface area contributed by atoms with E-state index in [0.717, 1.165) is 23.6 Å². The number of hydrogen-bond donors (Lipinski definition) is 1. The first-order valence-electron chi connectivity index (χ1n) is 5.33. The van der Waals surface area contributed by atoms with Crippen molar-refractivity contribution < 1.29 is 0 Å². The fourth-order valence-electron chi connectivity index (χ4n) is 1.60. The van der Waals surface area contributed by atoms with Crippen molar-refractivity contribution in [3.8, 4) is 0 Å². The second kappa shape index (κ2) is 5.20. The second-order valence-electron chi connectivity index (χ2n) is 3.80. The molecule has 0 unspecified atom stereocenters. The lowest BCUT2D eigenvalue weighted by Crippen LogP contribution is -2.20. The molecule has 0 fully saturated rings. The highest BCUT2D eigenvalue weighted by Gasteiger charge is 2.11. The Morgan fingerprint density at radius 3 is 2.94 bits per heavy atom. The van der Waals surface area contributed by atoms with Crippen LogP contribution in [0.4, 0.5) is 5.82 Å². The van der Waals surface area contributed by atoms with Gasteiger partial charge >= 0.3 is 0 Å². The van der Waals surface area contributed by atoms with Gasteiger partial charge in [0.1, 0.15) is 0 Å². The highest BCUT2D eigenvalue weighted by atomic mass is 32.1. The van der Waals surface area contributed by atoms with Crippen LogP contribution in [0.25, 0.3) is 0 Å². The van der Waals surface area contributed by atoms with Crippen LogP contribution < -0.4 is 10.6 Å². The number of nitrogens with two attached hydrogens (primary N) is 1. The third kappa shape index (κ3) is 2.59. The van der Waals surface area contributed by atoms with Gasteiger partial charge in [-0.15, -0.1) is 16.4 Å². The molecule has 2 rings (SSSR count). The number of aromatic nitrogens is 3. The van der Waals surface area contributed by atoms with E-state index in [-0.39, 0.29) is 0 Å². The van der Waals surface area contributed by atoms with Gasteiger partial charge in [-0.05, 0) is 13.0 Å². The Morgan fingerprint density at radius 1 is 1.47 bits per heavy atom. The average molecular weight is 249 g/mol. The number of hydrogen-bond acceptors (Lipinski definition) is 6. The predicted molar refractivity (Wildman–Crippen MR) is 68.9 cm³/mol. The van der Waals surface area contributed by atoms with Crippen LogP contribution in [0.15, 0.2) is 17.8 Å². The van der Waals surface area contributed by atoms with Crippen molar-refractivity contribution in [1.82, 2.24) is 15.2 Å². The van der Waals surface area contributed by atoms with Gasteiger partial charge in [0.2, 0.25) is 0 Å². The van der Waals surface area contributed by atoms with Crippen LogP contribution in [0.5, 0.6) is 0 Å². The van der Waals surface area contributed by atoms with E-state index in [1.165, 1.54) is 4.88 Å². The van der Waals surface area contributed by atoms with Crippen molar-refractivity contribution in [2.24, 2.45) is 5.73 Å². The van der Waals surface area contributed by atoms with E-state index in [2.05, 4.69) is 20.1 Å². The maximum absolute atomic E-state index is 5.69. The molecule has 0 amide bonds. The summed E-state index contributed by atoms with van der Waals surface area (Å²) in [4.78, 5) is 7.53. The van der Waals surface area contributed by atoms with Crippen LogP contribution in [0.3, 0.4) is 0 Å². The zero-order chi connectivity index (χ0) is 12.3. The van der Waals surface area contributed by atoms with Crippen LogP contribution in [0.1, 0.15) is 16.1 Å². The lowest BCUT2D eigenvalue weighted by atomic mass is 10.2. The maximum Gasteiger partial charge on any atom is 0.155 e. The fourth-order valence-corrected chi connectivity index (χ4v) is 2.43. The van der Waals surface area contributed by atoms with Gasteiger partial charge in [0.15, 0.2) is 5.82 Å². The molecule has 2 N–H and O–H groups in total. The van der Waals surface area contributed by atoms with Crippen molar-refractivity contribution >= 4 is 17.2 Å². The Bertz CT molecular complexity index is 496. The van der Waals surface area contributed by atoms with Gasteiger partial charge in [-0.1, -0.05) is 0 Å². The van der Waals surface area contributed by atoms with Gasteiger partial charge in [-0.2, -0.15) is 5.10 Å². The first kappa shape index (κ1) is 11.9. The second-order valence-corrected chi connectivity index (χ2v) is 4.74. The Labute approximate surface area is 104 Å². The van der Waals surface area contributed by atoms with E-state index >= 15 is 0 Å². The molecule has 0 bridgehead atoms. The van der Waals surface area contributed by atoms with Gasteiger partial charge in [-0.25, -0.2) is 4.98 Å². The molecule has 0 radical (unpaired) electrons.